The van der Waals surface area contributed by atoms with Crippen molar-refractivity contribution < 1.29 is 4.39 Å². The van der Waals surface area contributed by atoms with E-state index in [-0.39, 0.29) is 11.9 Å². The number of hydrazine groups is 1. The summed E-state index contributed by atoms with van der Waals surface area (Å²) in [7, 11) is 0. The lowest BCUT2D eigenvalue weighted by Crippen LogP contribution is -2.30. The SMILES string of the molecule is Cc1ccc(Br)cc1C(Cc1cc(F)ccc1Cl)NN. The van der Waals surface area contributed by atoms with Crippen LogP contribution in [0.2, 0.25) is 5.02 Å². The summed E-state index contributed by atoms with van der Waals surface area (Å²) in [6, 6.07) is 10.2. The van der Waals surface area contributed by atoms with Gasteiger partial charge in [-0.1, -0.05) is 33.6 Å². The molecule has 2 rings (SSSR count). The second-order valence-corrected chi connectivity index (χ2v) is 5.98. The lowest BCUT2D eigenvalue weighted by atomic mass is 9.96. The van der Waals surface area contributed by atoms with E-state index in [2.05, 4.69) is 21.4 Å². The molecule has 0 saturated carbocycles. The lowest BCUT2D eigenvalue weighted by molar-refractivity contribution is 0.546. The molecule has 2 aromatic carbocycles. The predicted octanol–water partition coefficient (Wildman–Crippen LogP) is 4.30. The van der Waals surface area contributed by atoms with Gasteiger partial charge in [0, 0.05) is 9.50 Å². The van der Waals surface area contributed by atoms with E-state index in [1.165, 1.54) is 12.1 Å². The van der Waals surface area contributed by atoms with Crippen molar-refractivity contribution >= 4 is 27.5 Å². The maximum Gasteiger partial charge on any atom is 0.123 e. The molecule has 2 nitrogen and oxygen atoms in total. The van der Waals surface area contributed by atoms with E-state index in [0.29, 0.717) is 11.4 Å². The summed E-state index contributed by atoms with van der Waals surface area (Å²) in [6.07, 6.45) is 0.518. The van der Waals surface area contributed by atoms with Crippen LogP contribution >= 0.6 is 27.5 Å². The molecule has 0 amide bonds. The summed E-state index contributed by atoms with van der Waals surface area (Å²) in [6.45, 7) is 2.01. The van der Waals surface area contributed by atoms with Crippen molar-refractivity contribution in [3.63, 3.8) is 0 Å². The molecule has 0 bridgehead atoms. The van der Waals surface area contributed by atoms with Crippen molar-refractivity contribution in [2.45, 2.75) is 19.4 Å². The number of nitrogens with two attached hydrogens (primary N) is 1. The fourth-order valence-corrected chi connectivity index (χ4v) is 2.74. The Morgan fingerprint density at radius 1 is 1.30 bits per heavy atom. The first-order chi connectivity index (χ1) is 9.51. The third-order valence-electron chi connectivity index (χ3n) is 3.25. The molecule has 0 aromatic heterocycles. The van der Waals surface area contributed by atoms with E-state index in [0.717, 1.165) is 21.2 Å². The Kier molecular flexibility index (Phi) is 5.16. The Bertz CT molecular complexity index is 619. The van der Waals surface area contributed by atoms with Gasteiger partial charge in [0.25, 0.3) is 0 Å². The Morgan fingerprint density at radius 3 is 2.75 bits per heavy atom. The van der Waals surface area contributed by atoms with Crippen LogP contribution in [0.15, 0.2) is 40.9 Å². The highest BCUT2D eigenvalue weighted by Crippen LogP contribution is 2.27. The van der Waals surface area contributed by atoms with Gasteiger partial charge in [-0.3, -0.25) is 11.3 Å². The number of nitrogens with one attached hydrogen (secondary N) is 1. The van der Waals surface area contributed by atoms with E-state index in [4.69, 9.17) is 17.4 Å². The molecule has 106 valence electrons. The minimum atomic E-state index is -0.300. The molecular weight excluding hydrogens is 343 g/mol. The zero-order valence-electron chi connectivity index (χ0n) is 11.0. The first-order valence-corrected chi connectivity index (χ1v) is 7.34. The fourth-order valence-electron chi connectivity index (χ4n) is 2.17. The molecule has 0 radical (unpaired) electrons. The van der Waals surface area contributed by atoms with Crippen molar-refractivity contribution in [2.75, 3.05) is 0 Å². The smallest absolute Gasteiger partial charge is 0.123 e. The Morgan fingerprint density at radius 2 is 2.05 bits per heavy atom. The lowest BCUT2D eigenvalue weighted by Gasteiger charge is -2.19. The van der Waals surface area contributed by atoms with Gasteiger partial charge in [-0.05, 0) is 60.4 Å². The molecule has 5 heteroatoms. The average molecular weight is 358 g/mol. The van der Waals surface area contributed by atoms with Crippen molar-refractivity contribution in [1.29, 1.82) is 0 Å². The van der Waals surface area contributed by atoms with Crippen LogP contribution < -0.4 is 11.3 Å². The molecule has 0 heterocycles. The summed E-state index contributed by atoms with van der Waals surface area (Å²) in [5, 5.41) is 0.541. The standard InChI is InChI=1S/C15H15BrClFN2/c1-9-2-3-11(16)8-13(9)15(20-19)7-10-6-12(18)4-5-14(10)17/h2-6,8,15,20H,7,19H2,1H3. The Labute approximate surface area is 131 Å². The molecule has 0 aliphatic heterocycles. The van der Waals surface area contributed by atoms with Gasteiger partial charge in [-0.25, -0.2) is 4.39 Å². The van der Waals surface area contributed by atoms with Gasteiger partial charge in [-0.15, -0.1) is 0 Å². The van der Waals surface area contributed by atoms with Gasteiger partial charge in [0.05, 0.1) is 6.04 Å². The highest BCUT2D eigenvalue weighted by atomic mass is 79.9. The van der Waals surface area contributed by atoms with Crippen LogP contribution in [0.25, 0.3) is 0 Å². The zero-order valence-corrected chi connectivity index (χ0v) is 13.3. The molecule has 20 heavy (non-hydrogen) atoms. The fraction of sp³-hybridized carbons (Fsp3) is 0.200. The van der Waals surface area contributed by atoms with Crippen molar-refractivity contribution in [3.05, 3.63) is 68.4 Å². The quantitative estimate of drug-likeness (QED) is 0.632. The van der Waals surface area contributed by atoms with Crippen molar-refractivity contribution in [1.82, 2.24) is 5.43 Å². The van der Waals surface area contributed by atoms with E-state index in [1.807, 2.05) is 25.1 Å². The first kappa shape index (κ1) is 15.4. The first-order valence-electron chi connectivity index (χ1n) is 6.17. The third-order valence-corrected chi connectivity index (χ3v) is 4.11. The number of hydrogen-bond donors (Lipinski definition) is 2. The van der Waals surface area contributed by atoms with Crippen LogP contribution in [-0.2, 0) is 6.42 Å². The van der Waals surface area contributed by atoms with Gasteiger partial charge in [0.1, 0.15) is 5.82 Å². The van der Waals surface area contributed by atoms with Crippen LogP contribution in [0.1, 0.15) is 22.7 Å². The van der Waals surface area contributed by atoms with Crippen LogP contribution in [0.4, 0.5) is 4.39 Å². The Balaban J connectivity index is 2.33. The average Bonchev–Trinajstić information content (AvgIpc) is 2.42. The van der Waals surface area contributed by atoms with E-state index >= 15 is 0 Å². The van der Waals surface area contributed by atoms with E-state index in [1.54, 1.807) is 6.07 Å². The number of rotatable bonds is 4. The van der Waals surface area contributed by atoms with Crippen LogP contribution in [0, 0.1) is 12.7 Å². The molecule has 0 fully saturated rings. The Hall–Kier alpha value is -0.940. The molecule has 0 saturated heterocycles. The highest BCUT2D eigenvalue weighted by Gasteiger charge is 2.15. The van der Waals surface area contributed by atoms with E-state index < -0.39 is 0 Å². The van der Waals surface area contributed by atoms with Gasteiger partial charge in [0.15, 0.2) is 0 Å². The predicted molar refractivity (Wildman–Crippen MR) is 84.1 cm³/mol. The number of aryl methyl sites for hydroxylation is 1. The second-order valence-electron chi connectivity index (χ2n) is 4.66. The molecule has 0 aliphatic rings. The molecule has 1 atom stereocenters. The summed E-state index contributed by atoms with van der Waals surface area (Å²) >= 11 is 9.56. The van der Waals surface area contributed by atoms with Crippen LogP contribution in [-0.4, -0.2) is 0 Å². The number of halogens is 3. The van der Waals surface area contributed by atoms with Gasteiger partial charge in [0.2, 0.25) is 0 Å². The summed E-state index contributed by atoms with van der Waals surface area (Å²) in [4.78, 5) is 0. The largest absolute Gasteiger partial charge is 0.271 e. The third kappa shape index (κ3) is 3.58. The summed E-state index contributed by atoms with van der Waals surface area (Å²) in [5.41, 5.74) is 5.68. The van der Waals surface area contributed by atoms with Crippen LogP contribution in [0.3, 0.4) is 0 Å². The van der Waals surface area contributed by atoms with Gasteiger partial charge in [-0.2, -0.15) is 0 Å². The minimum Gasteiger partial charge on any atom is -0.271 e. The van der Waals surface area contributed by atoms with E-state index in [9.17, 15) is 4.39 Å². The number of hydrogen-bond acceptors (Lipinski definition) is 2. The normalized spacial score (nSPS) is 12.4. The summed E-state index contributed by atoms with van der Waals surface area (Å²) in [5.74, 6) is 5.36. The van der Waals surface area contributed by atoms with Crippen LogP contribution in [0.5, 0.6) is 0 Å². The monoisotopic (exact) mass is 356 g/mol. The topological polar surface area (TPSA) is 38.0 Å². The second kappa shape index (κ2) is 6.68. The number of benzene rings is 2. The van der Waals surface area contributed by atoms with Crippen molar-refractivity contribution in [2.24, 2.45) is 5.84 Å². The molecule has 2 aromatic rings. The van der Waals surface area contributed by atoms with Gasteiger partial charge >= 0.3 is 0 Å². The molecule has 1 unspecified atom stereocenters. The summed E-state index contributed by atoms with van der Waals surface area (Å²) < 4.78 is 14.3. The maximum absolute atomic E-state index is 13.3. The molecule has 3 N–H and O–H groups in total. The molecule has 0 aliphatic carbocycles. The highest BCUT2D eigenvalue weighted by molar-refractivity contribution is 9.10. The zero-order chi connectivity index (χ0) is 14.7. The van der Waals surface area contributed by atoms with Crippen molar-refractivity contribution in [3.8, 4) is 0 Å². The van der Waals surface area contributed by atoms with Gasteiger partial charge < -0.3 is 0 Å². The molecular formula is C15H15BrClFN2. The minimum absolute atomic E-state index is 0.133. The maximum atomic E-state index is 13.3. The molecule has 0 spiro atoms.